The van der Waals surface area contributed by atoms with Gasteiger partial charge in [0.2, 0.25) is 0 Å². The molecule has 0 aromatic rings. The van der Waals surface area contributed by atoms with Crippen LogP contribution in [0.4, 0.5) is 0 Å². The summed E-state index contributed by atoms with van der Waals surface area (Å²) < 4.78 is 0. The summed E-state index contributed by atoms with van der Waals surface area (Å²) in [6.45, 7) is 15.1. The van der Waals surface area contributed by atoms with Gasteiger partial charge in [0.05, 0.1) is 11.0 Å². The second kappa shape index (κ2) is 7.22. The molecule has 0 aromatic carbocycles. The van der Waals surface area contributed by atoms with Crippen LogP contribution in [0.15, 0.2) is 11.6 Å². The number of aliphatic carboxylic acids is 1. The van der Waals surface area contributed by atoms with Crippen molar-refractivity contribution < 1.29 is 24.9 Å². The SMILES string of the molecule is C[C@@H]1[C@H]2C3=CC[C@@H]4[C@@]5(C)CC(O)C(=O)C(C)(C)[C@@H]5CC[C@@]4(C)[C@]3(C)CC[C@@]2(C(=O)O)CC[C@]1(C)O. The van der Waals surface area contributed by atoms with Crippen LogP contribution >= 0.6 is 0 Å². The third kappa shape index (κ3) is 2.89. The lowest BCUT2D eigenvalue weighted by atomic mass is 9.33. The topological polar surface area (TPSA) is 94.8 Å². The fourth-order valence-electron chi connectivity index (χ4n) is 10.8. The van der Waals surface area contributed by atoms with E-state index in [1.54, 1.807) is 0 Å². The number of aliphatic hydroxyl groups is 2. The zero-order valence-corrected chi connectivity index (χ0v) is 22.8. The van der Waals surface area contributed by atoms with Crippen LogP contribution in [-0.2, 0) is 9.59 Å². The Morgan fingerprint density at radius 1 is 0.971 bits per heavy atom. The van der Waals surface area contributed by atoms with E-state index in [-0.39, 0.29) is 39.8 Å². The van der Waals surface area contributed by atoms with Crippen LogP contribution in [0.2, 0.25) is 0 Å². The number of carboxylic acid groups (broad SMARTS) is 1. The first-order chi connectivity index (χ1) is 16.0. The molecule has 35 heavy (non-hydrogen) atoms. The lowest BCUT2D eigenvalue weighted by molar-refractivity contribution is -0.206. The van der Waals surface area contributed by atoms with E-state index in [0.29, 0.717) is 31.6 Å². The summed E-state index contributed by atoms with van der Waals surface area (Å²) in [5, 5.41) is 32.7. The van der Waals surface area contributed by atoms with Gasteiger partial charge < -0.3 is 15.3 Å². The average Bonchev–Trinajstić information content (AvgIpc) is 2.75. The molecule has 0 bridgehead atoms. The molecule has 10 atom stereocenters. The number of fused-ring (bicyclic) bond motifs is 7. The molecule has 0 aliphatic heterocycles. The van der Waals surface area contributed by atoms with Crippen molar-refractivity contribution in [1.82, 2.24) is 0 Å². The van der Waals surface area contributed by atoms with Gasteiger partial charge in [-0.2, -0.15) is 0 Å². The molecular formula is C30H46O5. The van der Waals surface area contributed by atoms with Crippen molar-refractivity contribution in [2.75, 3.05) is 0 Å². The van der Waals surface area contributed by atoms with Crippen molar-refractivity contribution in [3.05, 3.63) is 11.6 Å². The third-order valence-electron chi connectivity index (χ3n) is 13.2. The number of rotatable bonds is 1. The monoisotopic (exact) mass is 486 g/mol. The third-order valence-corrected chi connectivity index (χ3v) is 13.2. The molecule has 0 spiro atoms. The zero-order valence-electron chi connectivity index (χ0n) is 22.8. The maximum absolute atomic E-state index is 13.0. The molecule has 5 aliphatic carbocycles. The number of hydrogen-bond acceptors (Lipinski definition) is 4. The Labute approximate surface area is 210 Å². The smallest absolute Gasteiger partial charge is 0.310 e. The van der Waals surface area contributed by atoms with Gasteiger partial charge in [-0.25, -0.2) is 0 Å². The van der Waals surface area contributed by atoms with Crippen molar-refractivity contribution >= 4 is 11.8 Å². The minimum absolute atomic E-state index is 0.0102. The Morgan fingerprint density at radius 2 is 1.60 bits per heavy atom. The largest absolute Gasteiger partial charge is 0.481 e. The first kappa shape index (κ1) is 25.4. The number of carbonyl (C=O) groups is 2. The molecule has 4 fully saturated rings. The first-order valence-electron chi connectivity index (χ1n) is 13.9. The van der Waals surface area contributed by atoms with Crippen molar-refractivity contribution in [2.45, 2.75) is 112 Å². The van der Waals surface area contributed by atoms with Gasteiger partial charge in [0.1, 0.15) is 6.10 Å². The Morgan fingerprint density at radius 3 is 2.23 bits per heavy atom. The van der Waals surface area contributed by atoms with Gasteiger partial charge in [-0.3, -0.25) is 9.59 Å². The lowest BCUT2D eigenvalue weighted by Gasteiger charge is -2.71. The van der Waals surface area contributed by atoms with Gasteiger partial charge >= 0.3 is 5.97 Å². The zero-order chi connectivity index (χ0) is 26.0. The van der Waals surface area contributed by atoms with Crippen LogP contribution < -0.4 is 0 Å². The van der Waals surface area contributed by atoms with E-state index in [1.165, 1.54) is 5.57 Å². The van der Waals surface area contributed by atoms with Crippen LogP contribution in [0.5, 0.6) is 0 Å². The molecule has 5 aliphatic rings. The molecule has 3 N–H and O–H groups in total. The minimum atomic E-state index is -0.911. The van der Waals surface area contributed by atoms with Crippen molar-refractivity contribution in [3.8, 4) is 0 Å². The van der Waals surface area contributed by atoms with Crippen LogP contribution in [0.3, 0.4) is 0 Å². The molecule has 1 unspecified atom stereocenters. The van der Waals surface area contributed by atoms with Crippen molar-refractivity contribution in [1.29, 1.82) is 0 Å². The predicted molar refractivity (Wildman–Crippen MR) is 134 cm³/mol. The summed E-state index contributed by atoms with van der Waals surface area (Å²) in [5.74, 6) is -0.450. The fraction of sp³-hybridized carbons (Fsp3) is 0.867. The predicted octanol–water partition coefficient (Wildman–Crippen LogP) is 5.38. The van der Waals surface area contributed by atoms with Crippen LogP contribution in [0.1, 0.15) is 99.8 Å². The van der Waals surface area contributed by atoms with E-state index >= 15 is 0 Å². The summed E-state index contributed by atoms with van der Waals surface area (Å²) in [7, 11) is 0. The maximum Gasteiger partial charge on any atom is 0.310 e. The van der Waals surface area contributed by atoms with Crippen LogP contribution in [0.25, 0.3) is 0 Å². The number of Topliss-reactive ketones (excluding diaryl/α,β-unsaturated/α-hetero) is 1. The molecule has 0 aromatic heterocycles. The molecular weight excluding hydrogens is 440 g/mol. The molecule has 196 valence electrons. The molecule has 0 saturated heterocycles. The van der Waals surface area contributed by atoms with E-state index in [1.807, 2.05) is 20.8 Å². The number of carboxylic acids is 1. The van der Waals surface area contributed by atoms with E-state index in [0.717, 1.165) is 25.7 Å². The van der Waals surface area contributed by atoms with E-state index in [4.69, 9.17) is 0 Å². The van der Waals surface area contributed by atoms with Gasteiger partial charge in [0.25, 0.3) is 0 Å². The van der Waals surface area contributed by atoms with Gasteiger partial charge in [0, 0.05) is 11.3 Å². The Bertz CT molecular complexity index is 995. The second-order valence-corrected chi connectivity index (χ2v) is 14.7. The van der Waals surface area contributed by atoms with Gasteiger partial charge in [-0.05, 0) is 92.3 Å². The number of carbonyl (C=O) groups excluding carboxylic acids is 1. The maximum atomic E-state index is 13.0. The number of ketones is 1. The summed E-state index contributed by atoms with van der Waals surface area (Å²) in [4.78, 5) is 25.8. The highest BCUT2D eigenvalue weighted by molar-refractivity contribution is 5.89. The number of allylic oxidation sites excluding steroid dienone is 2. The Balaban J connectivity index is 1.64. The first-order valence-corrected chi connectivity index (χ1v) is 13.9. The highest BCUT2D eigenvalue weighted by Crippen LogP contribution is 2.75. The number of hydrogen-bond donors (Lipinski definition) is 3. The van der Waals surface area contributed by atoms with Gasteiger partial charge in [-0.15, -0.1) is 0 Å². The molecule has 0 amide bonds. The summed E-state index contributed by atoms with van der Waals surface area (Å²) >= 11 is 0. The van der Waals surface area contributed by atoms with E-state index in [2.05, 4.69) is 33.8 Å². The van der Waals surface area contributed by atoms with Crippen molar-refractivity contribution in [3.63, 3.8) is 0 Å². The highest BCUT2D eigenvalue weighted by atomic mass is 16.4. The van der Waals surface area contributed by atoms with Gasteiger partial charge in [0.15, 0.2) is 5.78 Å². The quantitative estimate of drug-likeness (QED) is 0.432. The summed E-state index contributed by atoms with van der Waals surface area (Å²) in [5.41, 5.74) is -1.31. The Hall–Kier alpha value is -1.20. The van der Waals surface area contributed by atoms with E-state index in [9.17, 15) is 24.9 Å². The molecule has 5 rings (SSSR count). The average molecular weight is 487 g/mol. The van der Waals surface area contributed by atoms with E-state index < -0.39 is 28.5 Å². The molecule has 0 heterocycles. The summed E-state index contributed by atoms with van der Waals surface area (Å²) in [6.07, 6.45) is 7.34. The fourth-order valence-corrected chi connectivity index (χ4v) is 10.8. The summed E-state index contributed by atoms with van der Waals surface area (Å²) in [6, 6.07) is 0. The van der Waals surface area contributed by atoms with Crippen LogP contribution in [0, 0.1) is 50.7 Å². The van der Waals surface area contributed by atoms with Gasteiger partial charge in [-0.1, -0.05) is 53.2 Å². The molecule has 0 radical (unpaired) electrons. The lowest BCUT2D eigenvalue weighted by Crippen LogP contribution is -2.67. The number of aliphatic hydroxyl groups excluding tert-OH is 1. The standard InChI is InChI=1S/C30H46O5/c1-17-22-18-8-9-21-26(4)16-19(31)23(32)25(2,3)20(26)10-11-28(21,6)27(18,5)12-14-30(22,24(33)34)15-13-29(17,7)35/h8,17,19-22,31,35H,9-16H2,1-7H3,(H,33,34)/t17-,19?,20+,21-,22+,26+,27-,28-,29+,30-/m1/s1. The molecule has 5 heteroatoms. The molecule has 5 nitrogen and oxygen atoms in total. The second-order valence-electron chi connectivity index (χ2n) is 14.7. The minimum Gasteiger partial charge on any atom is -0.481 e. The normalized spacial score (nSPS) is 55.1. The Kier molecular flexibility index (Phi) is 5.25. The highest BCUT2D eigenvalue weighted by Gasteiger charge is 2.71. The van der Waals surface area contributed by atoms with Crippen LogP contribution in [-0.4, -0.2) is 38.8 Å². The molecule has 4 saturated carbocycles. The van der Waals surface area contributed by atoms with Crippen molar-refractivity contribution in [2.24, 2.45) is 50.7 Å².